The fourth-order valence-corrected chi connectivity index (χ4v) is 4.56. The second-order valence-corrected chi connectivity index (χ2v) is 11.8. The Kier molecular flexibility index (Phi) is 27.5. The molecule has 0 aliphatic heterocycles. The zero-order valence-corrected chi connectivity index (χ0v) is 33.7. The molecule has 2 heterocycles. The van der Waals surface area contributed by atoms with Crippen molar-refractivity contribution < 1.29 is 55.2 Å². The fourth-order valence-electron chi connectivity index (χ4n) is 4.56. The molecular formula is C42H38F4N8NiO8. The van der Waals surface area contributed by atoms with Crippen LogP contribution in [-0.2, 0) is 42.7 Å². The zero-order chi connectivity index (χ0) is 43.5. The second kappa shape index (κ2) is 31.3. The minimum atomic E-state index is -1.75. The topological polar surface area (TPSA) is 271 Å². The molecule has 4 N–H and O–H groups in total. The molecule has 0 amide bonds. The minimum Gasteiger partial charge on any atom is -0.412 e. The van der Waals surface area contributed by atoms with Gasteiger partial charge in [-0.2, -0.15) is 0 Å². The first-order valence-corrected chi connectivity index (χ1v) is 17.4. The SMILES string of the molecule is Fc1ccc(CN=Cc2cccc(C=NCc3ccc(F)cc3)n2)cc1.Fc1ccc(CN=Cc2cccc(C=NCc3ccc(F)cc3)n2)cc1.O.O.O=[N+]([O-])[O-].O=[N+]([O-])[O-].[Ni+2]. The number of nitrogens with zero attached hydrogens (tertiary/aromatic N) is 8. The third-order valence-electron chi connectivity index (χ3n) is 7.23. The Bertz CT molecular complexity index is 2040. The van der Waals surface area contributed by atoms with Crippen LogP contribution in [0.15, 0.2) is 153 Å². The van der Waals surface area contributed by atoms with Gasteiger partial charge in [0.25, 0.3) is 0 Å². The van der Waals surface area contributed by atoms with E-state index in [0.29, 0.717) is 26.2 Å². The van der Waals surface area contributed by atoms with Crippen molar-refractivity contribution in [2.24, 2.45) is 20.0 Å². The molecule has 6 aromatic rings. The van der Waals surface area contributed by atoms with Gasteiger partial charge in [-0.3, -0.25) is 20.0 Å². The Balaban J connectivity index is 0.00000100. The van der Waals surface area contributed by atoms with E-state index in [4.69, 9.17) is 30.6 Å². The quantitative estimate of drug-likeness (QED) is 0.0402. The predicted molar refractivity (Wildman–Crippen MR) is 227 cm³/mol. The summed E-state index contributed by atoms with van der Waals surface area (Å²) in [7, 11) is 0. The van der Waals surface area contributed by atoms with Gasteiger partial charge in [0.05, 0.1) is 59.1 Å². The molecule has 4 aromatic carbocycles. The van der Waals surface area contributed by atoms with Gasteiger partial charge in [0.2, 0.25) is 0 Å². The van der Waals surface area contributed by atoms with Gasteiger partial charge < -0.3 is 41.6 Å². The Morgan fingerprint density at radius 1 is 0.397 bits per heavy atom. The van der Waals surface area contributed by atoms with Gasteiger partial charge in [0.15, 0.2) is 0 Å². The van der Waals surface area contributed by atoms with E-state index < -0.39 is 10.2 Å². The van der Waals surface area contributed by atoms with E-state index in [0.717, 1.165) is 45.0 Å². The maximum Gasteiger partial charge on any atom is 2.00 e. The minimum absolute atomic E-state index is 0. The van der Waals surface area contributed by atoms with Crippen molar-refractivity contribution in [1.29, 1.82) is 0 Å². The van der Waals surface area contributed by atoms with Gasteiger partial charge in [-0.25, -0.2) is 27.5 Å². The van der Waals surface area contributed by atoms with Crippen LogP contribution in [0.5, 0.6) is 0 Å². The van der Waals surface area contributed by atoms with Gasteiger partial charge in [-0.15, -0.1) is 0 Å². The fraction of sp³-hybridized carbons (Fsp3) is 0.0952. The smallest absolute Gasteiger partial charge is 0.412 e. The van der Waals surface area contributed by atoms with E-state index in [-0.39, 0.29) is 50.7 Å². The molecule has 6 rings (SSSR count). The summed E-state index contributed by atoms with van der Waals surface area (Å²) in [6.45, 7) is 1.85. The molecule has 0 atom stereocenters. The van der Waals surface area contributed by atoms with Crippen molar-refractivity contribution in [3.8, 4) is 0 Å². The van der Waals surface area contributed by atoms with Crippen molar-refractivity contribution in [2.45, 2.75) is 26.2 Å². The van der Waals surface area contributed by atoms with E-state index in [1.165, 1.54) is 48.5 Å². The van der Waals surface area contributed by atoms with Crippen LogP contribution in [0.4, 0.5) is 17.6 Å². The van der Waals surface area contributed by atoms with Crippen LogP contribution in [0.25, 0.3) is 0 Å². The van der Waals surface area contributed by atoms with E-state index in [9.17, 15) is 17.6 Å². The van der Waals surface area contributed by atoms with Gasteiger partial charge in [0, 0.05) is 24.9 Å². The normalized spacial score (nSPS) is 10.2. The van der Waals surface area contributed by atoms with Gasteiger partial charge in [0.1, 0.15) is 23.3 Å². The van der Waals surface area contributed by atoms with Crippen molar-refractivity contribution in [3.05, 3.63) is 232 Å². The molecule has 0 saturated carbocycles. The number of rotatable bonds is 12. The Morgan fingerprint density at radius 2 is 0.571 bits per heavy atom. The first-order chi connectivity index (χ1) is 28.8. The van der Waals surface area contributed by atoms with E-state index in [1.54, 1.807) is 73.4 Å². The number of hydrogen-bond donors (Lipinski definition) is 0. The van der Waals surface area contributed by atoms with Crippen LogP contribution in [-0.4, -0.2) is 56.0 Å². The molecule has 63 heavy (non-hydrogen) atoms. The van der Waals surface area contributed by atoms with Crippen LogP contribution in [0.3, 0.4) is 0 Å². The first-order valence-electron chi connectivity index (χ1n) is 17.4. The molecule has 0 bridgehead atoms. The van der Waals surface area contributed by atoms with E-state index in [1.807, 2.05) is 36.4 Å². The van der Waals surface area contributed by atoms with Crippen LogP contribution in [0, 0.1) is 53.9 Å². The van der Waals surface area contributed by atoms with Crippen molar-refractivity contribution >= 4 is 24.9 Å². The van der Waals surface area contributed by atoms with Crippen LogP contribution < -0.4 is 0 Å². The predicted octanol–water partition coefficient (Wildman–Crippen LogP) is 7.07. The zero-order valence-electron chi connectivity index (χ0n) is 32.7. The number of aliphatic imine (C=N–C) groups is 4. The first kappa shape index (κ1) is 55.4. The summed E-state index contributed by atoms with van der Waals surface area (Å²) < 4.78 is 51.5. The molecule has 0 radical (unpaired) electrons. The average molecular weight is 917 g/mol. The molecule has 0 saturated heterocycles. The molecule has 0 unspecified atom stereocenters. The largest absolute Gasteiger partial charge is 2.00 e. The Hall–Kier alpha value is -7.61. The number of pyridine rings is 2. The molecular weight excluding hydrogens is 879 g/mol. The van der Waals surface area contributed by atoms with Gasteiger partial charge in [-0.05, 0) is 95.1 Å². The van der Waals surface area contributed by atoms with Crippen LogP contribution >= 0.6 is 0 Å². The summed E-state index contributed by atoms with van der Waals surface area (Å²) in [4.78, 5) is 42.7. The van der Waals surface area contributed by atoms with E-state index in [2.05, 4.69) is 29.9 Å². The van der Waals surface area contributed by atoms with Crippen molar-refractivity contribution in [2.75, 3.05) is 0 Å². The van der Waals surface area contributed by atoms with Crippen molar-refractivity contribution in [3.63, 3.8) is 0 Å². The Morgan fingerprint density at radius 3 is 0.746 bits per heavy atom. The summed E-state index contributed by atoms with van der Waals surface area (Å²) in [6.07, 6.45) is 6.72. The molecule has 0 aliphatic rings. The molecule has 332 valence electrons. The number of hydrogen-bond acceptors (Lipinski definition) is 12. The number of aromatic nitrogens is 2. The molecule has 21 heteroatoms. The second-order valence-electron chi connectivity index (χ2n) is 11.8. The van der Waals surface area contributed by atoms with Crippen LogP contribution in [0.2, 0.25) is 0 Å². The molecule has 16 nitrogen and oxygen atoms in total. The standard InChI is InChI=1S/2C21H17F2N3.2NO3.Ni.2H2O/c2*22-18-8-4-16(5-9-18)12-24-14-20-2-1-3-21(26-20)15-25-13-17-6-10-19(23)11-7-17;2*2-1(3)4;;;/h2*1-11,14-15H,12-13H2;;;;2*1H2/q;;2*-1;+2;;. The monoisotopic (exact) mass is 916 g/mol. The average Bonchev–Trinajstić information content (AvgIpc) is 3.21. The van der Waals surface area contributed by atoms with Gasteiger partial charge >= 0.3 is 16.5 Å². The summed E-state index contributed by atoms with van der Waals surface area (Å²) in [5.74, 6) is -1.03. The maximum absolute atomic E-state index is 12.9. The van der Waals surface area contributed by atoms with Crippen molar-refractivity contribution in [1.82, 2.24) is 9.97 Å². The summed E-state index contributed by atoms with van der Waals surface area (Å²) in [5.41, 5.74) is 6.60. The third kappa shape index (κ3) is 25.6. The van der Waals surface area contributed by atoms with Crippen LogP contribution in [0.1, 0.15) is 45.0 Å². The van der Waals surface area contributed by atoms with Gasteiger partial charge in [-0.1, -0.05) is 60.7 Å². The molecule has 0 aliphatic carbocycles. The molecule has 2 aromatic heterocycles. The molecule has 0 spiro atoms. The number of halogens is 4. The summed E-state index contributed by atoms with van der Waals surface area (Å²) >= 11 is 0. The number of benzene rings is 4. The summed E-state index contributed by atoms with van der Waals surface area (Å²) in [5, 5.41) is 29.5. The Labute approximate surface area is 367 Å². The molecule has 0 fully saturated rings. The maximum atomic E-state index is 12.9. The van der Waals surface area contributed by atoms with E-state index >= 15 is 0 Å². The third-order valence-corrected chi connectivity index (χ3v) is 7.23. The summed E-state index contributed by atoms with van der Waals surface area (Å²) in [6, 6.07) is 36.2.